The highest BCUT2D eigenvalue weighted by atomic mass is 16.3. The maximum absolute atomic E-state index is 6.58. The lowest BCUT2D eigenvalue weighted by Crippen LogP contribution is -2.20. The second kappa shape index (κ2) is 12.6. The van der Waals surface area contributed by atoms with Crippen molar-refractivity contribution in [2.45, 2.75) is 39.2 Å². The molecule has 0 fully saturated rings. The fourth-order valence-corrected chi connectivity index (χ4v) is 7.46. The maximum Gasteiger partial charge on any atom is 0.143 e. The molecule has 234 valence electrons. The normalized spacial score (nSPS) is 14.1. The Morgan fingerprint density at radius 2 is 1.27 bits per heavy atom. The fourth-order valence-electron chi connectivity index (χ4n) is 7.46. The lowest BCUT2D eigenvalue weighted by molar-refractivity contribution is 0.611. The smallest absolute Gasteiger partial charge is 0.143 e. The number of fused-ring (bicyclic) bond motifs is 6. The highest BCUT2D eigenvalue weighted by molar-refractivity contribution is 6.16. The van der Waals surface area contributed by atoms with Crippen molar-refractivity contribution in [1.82, 2.24) is 0 Å². The van der Waals surface area contributed by atoms with Gasteiger partial charge >= 0.3 is 0 Å². The third-order valence-electron chi connectivity index (χ3n) is 10.2. The van der Waals surface area contributed by atoms with E-state index in [0.717, 1.165) is 28.7 Å². The molecule has 0 saturated heterocycles. The van der Waals surface area contributed by atoms with E-state index >= 15 is 0 Å². The molecule has 0 amide bonds. The minimum absolute atomic E-state index is 0.0745. The first-order chi connectivity index (χ1) is 23.6. The van der Waals surface area contributed by atoms with Gasteiger partial charge in [-0.05, 0) is 68.4 Å². The Hall–Kier alpha value is -5.47. The summed E-state index contributed by atoms with van der Waals surface area (Å²) < 4.78 is 6.58. The van der Waals surface area contributed by atoms with Gasteiger partial charge in [-0.1, -0.05) is 160 Å². The summed E-state index contributed by atoms with van der Waals surface area (Å²) in [6.07, 6.45) is 0.928. The highest BCUT2D eigenvalue weighted by Gasteiger charge is 2.26. The molecule has 3 atom stereocenters. The molecule has 2 nitrogen and oxygen atoms in total. The summed E-state index contributed by atoms with van der Waals surface area (Å²) in [4.78, 5) is 5.60. The molecule has 0 aliphatic heterocycles. The summed E-state index contributed by atoms with van der Waals surface area (Å²) in [5.74, 6) is 0.327. The first-order valence-electron chi connectivity index (χ1n) is 17.1. The number of nitrogens with zero attached hydrogens (tertiary/aromatic N) is 1. The van der Waals surface area contributed by atoms with E-state index in [1.54, 1.807) is 0 Å². The number of furan rings is 1. The third-order valence-corrected chi connectivity index (χ3v) is 10.2. The third kappa shape index (κ3) is 5.28. The van der Waals surface area contributed by atoms with Gasteiger partial charge in [0.15, 0.2) is 0 Å². The van der Waals surface area contributed by atoms with Crippen LogP contribution in [0, 0.1) is 5.92 Å². The van der Waals surface area contributed by atoms with Crippen LogP contribution in [0.4, 0.5) is 0 Å². The summed E-state index contributed by atoms with van der Waals surface area (Å²) in [5.41, 5.74) is 9.21. The average molecular weight is 622 g/mol. The number of hydrogen-bond donors (Lipinski definition) is 0. The van der Waals surface area contributed by atoms with Crippen LogP contribution in [0.15, 0.2) is 161 Å². The van der Waals surface area contributed by atoms with E-state index in [1.807, 2.05) is 0 Å². The van der Waals surface area contributed by atoms with E-state index in [4.69, 9.17) is 9.41 Å². The first kappa shape index (κ1) is 29.9. The van der Waals surface area contributed by atoms with Crippen LogP contribution in [-0.4, -0.2) is 5.71 Å². The molecule has 0 radical (unpaired) electrons. The molecule has 1 heterocycles. The van der Waals surface area contributed by atoms with Crippen molar-refractivity contribution >= 4 is 49.2 Å². The van der Waals surface area contributed by atoms with Crippen molar-refractivity contribution in [1.29, 1.82) is 0 Å². The first-order valence-corrected chi connectivity index (χ1v) is 17.1. The molecule has 7 aromatic carbocycles. The summed E-state index contributed by atoms with van der Waals surface area (Å²) in [7, 11) is 0. The molecular formula is C46H39NO. The molecule has 0 bridgehead atoms. The topological polar surface area (TPSA) is 25.5 Å². The molecule has 3 unspecified atom stereocenters. The molecule has 0 aliphatic rings. The number of benzene rings is 7. The van der Waals surface area contributed by atoms with E-state index < -0.39 is 0 Å². The summed E-state index contributed by atoms with van der Waals surface area (Å²) in [6.45, 7) is 6.93. The number of aliphatic imine (C=N–C) groups is 1. The van der Waals surface area contributed by atoms with Gasteiger partial charge in [-0.25, -0.2) is 0 Å². The monoisotopic (exact) mass is 621 g/mol. The van der Waals surface area contributed by atoms with Crippen LogP contribution in [-0.2, 0) is 0 Å². The van der Waals surface area contributed by atoms with Gasteiger partial charge in [0.2, 0.25) is 0 Å². The lowest BCUT2D eigenvalue weighted by atomic mass is 9.81. The van der Waals surface area contributed by atoms with Gasteiger partial charge in [-0.3, -0.25) is 4.99 Å². The zero-order valence-electron chi connectivity index (χ0n) is 27.7. The van der Waals surface area contributed by atoms with Gasteiger partial charge < -0.3 is 4.42 Å². The minimum Gasteiger partial charge on any atom is -0.455 e. The van der Waals surface area contributed by atoms with Crippen LogP contribution in [0.3, 0.4) is 0 Å². The van der Waals surface area contributed by atoms with Crippen molar-refractivity contribution in [2.24, 2.45) is 10.9 Å². The Bertz CT molecular complexity index is 2410. The molecule has 0 saturated carbocycles. The molecule has 48 heavy (non-hydrogen) atoms. The van der Waals surface area contributed by atoms with Gasteiger partial charge in [0, 0.05) is 27.8 Å². The number of hydrogen-bond acceptors (Lipinski definition) is 2. The molecule has 1 aromatic heterocycles. The van der Waals surface area contributed by atoms with E-state index in [0.29, 0.717) is 0 Å². The van der Waals surface area contributed by atoms with Crippen LogP contribution in [0.25, 0.3) is 54.6 Å². The van der Waals surface area contributed by atoms with Gasteiger partial charge in [0.1, 0.15) is 11.2 Å². The minimum atomic E-state index is 0.0745. The van der Waals surface area contributed by atoms with Crippen molar-refractivity contribution in [3.05, 3.63) is 168 Å². The fraction of sp³-hybridized carbons (Fsp3) is 0.152. The van der Waals surface area contributed by atoms with Gasteiger partial charge in [-0.15, -0.1) is 0 Å². The van der Waals surface area contributed by atoms with Crippen molar-refractivity contribution in [2.75, 3.05) is 0 Å². The largest absolute Gasteiger partial charge is 0.455 e. The van der Waals surface area contributed by atoms with Crippen LogP contribution in [0.1, 0.15) is 55.8 Å². The number of rotatable bonds is 8. The molecular weight excluding hydrogens is 583 g/mol. The van der Waals surface area contributed by atoms with Crippen molar-refractivity contribution < 1.29 is 4.42 Å². The van der Waals surface area contributed by atoms with Gasteiger partial charge in [0.25, 0.3) is 0 Å². The Balaban J connectivity index is 1.24. The summed E-state index contributed by atoms with van der Waals surface area (Å²) in [6, 6.07) is 54.5. The van der Waals surface area contributed by atoms with Crippen LogP contribution >= 0.6 is 0 Å². The zero-order valence-corrected chi connectivity index (χ0v) is 27.7. The van der Waals surface area contributed by atoms with Crippen LogP contribution < -0.4 is 0 Å². The Morgan fingerprint density at radius 1 is 0.604 bits per heavy atom. The van der Waals surface area contributed by atoms with E-state index in [1.165, 1.54) is 54.7 Å². The second-order valence-corrected chi connectivity index (χ2v) is 13.0. The molecule has 8 rings (SSSR count). The van der Waals surface area contributed by atoms with E-state index in [2.05, 4.69) is 172 Å². The predicted octanol–water partition coefficient (Wildman–Crippen LogP) is 12.9. The Kier molecular flexibility index (Phi) is 7.86. The molecule has 8 aromatic rings. The Labute approximate surface area is 282 Å². The van der Waals surface area contributed by atoms with Crippen LogP contribution in [0.5, 0.6) is 0 Å². The lowest BCUT2D eigenvalue weighted by Gasteiger charge is -2.25. The summed E-state index contributed by atoms with van der Waals surface area (Å²) in [5, 5.41) is 7.25. The molecule has 0 spiro atoms. The average Bonchev–Trinajstić information content (AvgIpc) is 3.55. The Morgan fingerprint density at radius 3 is 2.04 bits per heavy atom. The standard InChI is InChI=1S/C46H39NO/c1-4-42(35-16-6-5-7-17-35)47-45(36-26-24-34(25-27-36)39-22-12-18-32-14-8-10-19-38(32)39)31(3)30(2)37-21-13-23-43-44(37)41-29-28-33-15-9-11-20-40(33)46(41)48-43/h5-31,42H,4H2,1-3H3/b47-45+. The molecule has 2 heteroatoms. The molecule has 0 N–H and O–H groups in total. The quantitative estimate of drug-likeness (QED) is 0.155. The van der Waals surface area contributed by atoms with Gasteiger partial charge in [0.05, 0.1) is 6.04 Å². The van der Waals surface area contributed by atoms with Crippen molar-refractivity contribution in [3.63, 3.8) is 0 Å². The highest BCUT2D eigenvalue weighted by Crippen LogP contribution is 2.41. The van der Waals surface area contributed by atoms with Gasteiger partial charge in [-0.2, -0.15) is 0 Å². The molecule has 0 aliphatic carbocycles. The van der Waals surface area contributed by atoms with Crippen LogP contribution in [0.2, 0.25) is 0 Å². The van der Waals surface area contributed by atoms with E-state index in [9.17, 15) is 0 Å². The zero-order chi connectivity index (χ0) is 32.6. The maximum atomic E-state index is 6.58. The SMILES string of the molecule is CCC(/N=C(/c1ccc(-c2cccc3ccccc23)cc1)C(C)C(C)c1cccc2oc3c4ccccc4ccc3c12)c1ccccc1. The van der Waals surface area contributed by atoms with Crippen molar-refractivity contribution in [3.8, 4) is 11.1 Å². The van der Waals surface area contributed by atoms with E-state index in [-0.39, 0.29) is 17.9 Å². The predicted molar refractivity (Wildman–Crippen MR) is 204 cm³/mol. The second-order valence-electron chi connectivity index (χ2n) is 13.0. The summed E-state index contributed by atoms with van der Waals surface area (Å²) >= 11 is 0.